The topological polar surface area (TPSA) is 75.3 Å². The van der Waals surface area contributed by atoms with Gasteiger partial charge in [0.15, 0.2) is 0 Å². The zero-order chi connectivity index (χ0) is 16.2. The molecule has 0 bridgehead atoms. The van der Waals surface area contributed by atoms with Crippen molar-refractivity contribution in [1.29, 1.82) is 0 Å². The summed E-state index contributed by atoms with van der Waals surface area (Å²) < 4.78 is 27.3. The van der Waals surface area contributed by atoms with Gasteiger partial charge < -0.3 is 5.32 Å². The van der Waals surface area contributed by atoms with Crippen LogP contribution in [0.4, 0.5) is 5.69 Å². The summed E-state index contributed by atoms with van der Waals surface area (Å²) in [6.07, 6.45) is 0. The summed E-state index contributed by atoms with van der Waals surface area (Å²) in [4.78, 5) is 12.3. The number of halogens is 1. The summed E-state index contributed by atoms with van der Waals surface area (Å²) in [5, 5.41) is 2.75. The van der Waals surface area contributed by atoms with E-state index in [1.165, 1.54) is 12.1 Å². The molecule has 22 heavy (non-hydrogen) atoms. The number of carbonyl (C=O) groups is 1. The van der Waals surface area contributed by atoms with Gasteiger partial charge in [0.25, 0.3) is 5.91 Å². The number of carbonyl (C=O) groups excluding carboxylic acids is 1. The lowest BCUT2D eigenvalue weighted by Gasteiger charge is -2.08. The molecule has 7 heteroatoms. The number of rotatable bonds is 5. The van der Waals surface area contributed by atoms with Gasteiger partial charge in [-0.25, -0.2) is 13.1 Å². The van der Waals surface area contributed by atoms with Gasteiger partial charge in [-0.05, 0) is 59.0 Å². The molecule has 0 heterocycles. The minimum absolute atomic E-state index is 0.0737. The van der Waals surface area contributed by atoms with Crippen molar-refractivity contribution >= 4 is 44.2 Å². The third kappa shape index (κ3) is 4.28. The number of nitrogens with one attached hydrogen (secondary N) is 2. The van der Waals surface area contributed by atoms with Crippen LogP contribution >= 0.6 is 22.6 Å². The van der Waals surface area contributed by atoms with Crippen LogP contribution in [0.1, 0.15) is 17.3 Å². The molecule has 0 atom stereocenters. The lowest BCUT2D eigenvalue weighted by atomic mass is 10.2. The number of benzene rings is 2. The second kappa shape index (κ2) is 7.21. The van der Waals surface area contributed by atoms with Crippen LogP contribution in [0.3, 0.4) is 0 Å². The van der Waals surface area contributed by atoms with E-state index in [0.29, 0.717) is 12.2 Å². The Balaban J connectivity index is 2.24. The maximum atomic E-state index is 12.2. The van der Waals surface area contributed by atoms with Gasteiger partial charge in [-0.1, -0.05) is 19.1 Å². The maximum Gasteiger partial charge on any atom is 0.255 e. The minimum atomic E-state index is -3.58. The zero-order valence-electron chi connectivity index (χ0n) is 11.8. The standard InChI is InChI=1S/C15H15IN2O3S/c1-2-17-22(20,21)14-8-3-5-11(9-14)15(19)18-13-7-4-6-12(16)10-13/h3-10,17H,2H2,1H3,(H,18,19). The highest BCUT2D eigenvalue weighted by Crippen LogP contribution is 2.16. The minimum Gasteiger partial charge on any atom is -0.322 e. The monoisotopic (exact) mass is 430 g/mol. The fourth-order valence-electron chi connectivity index (χ4n) is 1.85. The Morgan fingerprint density at radius 3 is 2.55 bits per heavy atom. The normalized spacial score (nSPS) is 11.2. The predicted octanol–water partition coefficient (Wildman–Crippen LogP) is 2.84. The first-order valence-corrected chi connectivity index (χ1v) is 9.15. The van der Waals surface area contributed by atoms with Crippen molar-refractivity contribution < 1.29 is 13.2 Å². The molecule has 0 saturated heterocycles. The fraction of sp³-hybridized carbons (Fsp3) is 0.133. The third-order valence-electron chi connectivity index (χ3n) is 2.82. The van der Waals surface area contributed by atoms with Crippen LogP contribution in [0.5, 0.6) is 0 Å². The van der Waals surface area contributed by atoms with Crippen LogP contribution in [-0.4, -0.2) is 20.9 Å². The highest BCUT2D eigenvalue weighted by Gasteiger charge is 2.15. The Labute approximate surface area is 143 Å². The molecule has 116 valence electrons. The highest BCUT2D eigenvalue weighted by atomic mass is 127. The van der Waals surface area contributed by atoms with Gasteiger partial charge in [0.1, 0.15) is 0 Å². The summed E-state index contributed by atoms with van der Waals surface area (Å²) >= 11 is 2.15. The number of anilines is 1. The first kappa shape index (κ1) is 16.9. The lowest BCUT2D eigenvalue weighted by molar-refractivity contribution is 0.102. The molecule has 0 aliphatic carbocycles. The number of amides is 1. The van der Waals surface area contributed by atoms with Crippen molar-refractivity contribution in [2.75, 3.05) is 11.9 Å². The molecule has 0 radical (unpaired) electrons. The highest BCUT2D eigenvalue weighted by molar-refractivity contribution is 14.1. The van der Waals surface area contributed by atoms with E-state index in [2.05, 4.69) is 32.6 Å². The molecule has 0 spiro atoms. The van der Waals surface area contributed by atoms with Crippen molar-refractivity contribution in [3.8, 4) is 0 Å². The van der Waals surface area contributed by atoms with E-state index >= 15 is 0 Å². The van der Waals surface area contributed by atoms with Crippen LogP contribution in [0.25, 0.3) is 0 Å². The van der Waals surface area contributed by atoms with Gasteiger partial charge in [-0.3, -0.25) is 4.79 Å². The van der Waals surface area contributed by atoms with E-state index in [4.69, 9.17) is 0 Å². The third-order valence-corrected chi connectivity index (χ3v) is 5.04. The van der Waals surface area contributed by atoms with E-state index < -0.39 is 10.0 Å². The largest absolute Gasteiger partial charge is 0.322 e. The van der Waals surface area contributed by atoms with E-state index in [0.717, 1.165) is 3.57 Å². The molecule has 0 fully saturated rings. The summed E-state index contributed by atoms with van der Waals surface area (Å²) in [5.74, 6) is -0.351. The first-order valence-electron chi connectivity index (χ1n) is 6.59. The molecular formula is C15H15IN2O3S. The molecule has 2 aromatic carbocycles. The van der Waals surface area contributed by atoms with E-state index in [-0.39, 0.29) is 16.4 Å². The summed E-state index contributed by atoms with van der Waals surface area (Å²) in [7, 11) is -3.58. The molecule has 2 N–H and O–H groups in total. The SMILES string of the molecule is CCNS(=O)(=O)c1cccc(C(=O)Nc2cccc(I)c2)c1. The van der Waals surface area contributed by atoms with Gasteiger partial charge in [0, 0.05) is 21.4 Å². The van der Waals surface area contributed by atoms with Gasteiger partial charge in [0.05, 0.1) is 4.90 Å². The Hall–Kier alpha value is -1.45. The molecule has 5 nitrogen and oxygen atoms in total. The Kier molecular flexibility index (Phi) is 5.54. The summed E-state index contributed by atoms with van der Waals surface area (Å²) in [6, 6.07) is 13.3. The van der Waals surface area contributed by atoms with Crippen LogP contribution in [0.2, 0.25) is 0 Å². The Morgan fingerprint density at radius 1 is 1.14 bits per heavy atom. The smallest absolute Gasteiger partial charge is 0.255 e. The molecule has 0 aliphatic rings. The second-order valence-electron chi connectivity index (χ2n) is 4.49. The average Bonchev–Trinajstić information content (AvgIpc) is 2.47. The fourth-order valence-corrected chi connectivity index (χ4v) is 3.48. The number of hydrogen-bond acceptors (Lipinski definition) is 3. The molecule has 0 aromatic heterocycles. The summed E-state index contributed by atoms with van der Waals surface area (Å²) in [5.41, 5.74) is 0.953. The van der Waals surface area contributed by atoms with Crippen molar-refractivity contribution in [2.45, 2.75) is 11.8 Å². The quantitative estimate of drug-likeness (QED) is 0.717. The molecule has 0 aliphatic heterocycles. The Morgan fingerprint density at radius 2 is 1.86 bits per heavy atom. The van der Waals surface area contributed by atoms with Gasteiger partial charge in [-0.15, -0.1) is 0 Å². The second-order valence-corrected chi connectivity index (χ2v) is 7.51. The van der Waals surface area contributed by atoms with Crippen molar-refractivity contribution in [3.63, 3.8) is 0 Å². The lowest BCUT2D eigenvalue weighted by Crippen LogP contribution is -2.23. The van der Waals surface area contributed by atoms with Crippen LogP contribution in [0.15, 0.2) is 53.4 Å². The van der Waals surface area contributed by atoms with Crippen molar-refractivity contribution in [3.05, 3.63) is 57.7 Å². The predicted molar refractivity (Wildman–Crippen MR) is 94.4 cm³/mol. The van der Waals surface area contributed by atoms with Gasteiger partial charge in [-0.2, -0.15) is 0 Å². The molecule has 1 amide bonds. The van der Waals surface area contributed by atoms with E-state index in [9.17, 15) is 13.2 Å². The summed E-state index contributed by atoms with van der Waals surface area (Å²) in [6.45, 7) is 1.99. The zero-order valence-corrected chi connectivity index (χ0v) is 14.8. The molecule has 2 rings (SSSR count). The van der Waals surface area contributed by atoms with Crippen LogP contribution in [-0.2, 0) is 10.0 Å². The van der Waals surface area contributed by atoms with Crippen LogP contribution < -0.4 is 10.0 Å². The van der Waals surface area contributed by atoms with Crippen molar-refractivity contribution in [2.24, 2.45) is 0 Å². The molecule has 0 saturated carbocycles. The van der Waals surface area contributed by atoms with Crippen molar-refractivity contribution in [1.82, 2.24) is 4.72 Å². The van der Waals surface area contributed by atoms with E-state index in [1.807, 2.05) is 18.2 Å². The Bertz CT molecular complexity index is 791. The van der Waals surface area contributed by atoms with Gasteiger partial charge >= 0.3 is 0 Å². The average molecular weight is 430 g/mol. The number of sulfonamides is 1. The van der Waals surface area contributed by atoms with Crippen LogP contribution in [0, 0.1) is 3.57 Å². The number of hydrogen-bond donors (Lipinski definition) is 2. The van der Waals surface area contributed by atoms with Gasteiger partial charge in [0.2, 0.25) is 10.0 Å². The molecule has 2 aromatic rings. The molecular weight excluding hydrogens is 415 g/mol. The van der Waals surface area contributed by atoms with E-state index in [1.54, 1.807) is 25.1 Å². The maximum absolute atomic E-state index is 12.2. The first-order chi connectivity index (χ1) is 10.4. The molecule has 0 unspecified atom stereocenters.